The normalized spacial score (nSPS) is 10.8. The summed E-state index contributed by atoms with van der Waals surface area (Å²) in [6, 6.07) is 5.12. The van der Waals surface area contributed by atoms with Crippen LogP contribution in [0.15, 0.2) is 18.2 Å². The van der Waals surface area contributed by atoms with Crippen molar-refractivity contribution in [2.75, 3.05) is 31.6 Å². The second-order valence-electron chi connectivity index (χ2n) is 4.59. The Bertz CT molecular complexity index is 438. The van der Waals surface area contributed by atoms with Gasteiger partial charge < -0.3 is 10.4 Å². The van der Waals surface area contributed by atoms with E-state index >= 15 is 0 Å². The lowest BCUT2D eigenvalue weighted by molar-refractivity contribution is -0.384. The van der Waals surface area contributed by atoms with Crippen LogP contribution in [0.5, 0.6) is 0 Å². The van der Waals surface area contributed by atoms with Crippen LogP contribution in [0.3, 0.4) is 0 Å². The third kappa shape index (κ3) is 4.47. The number of hydrogen-bond acceptors (Lipinski definition) is 5. The molecule has 1 aromatic carbocycles. The molecule has 0 atom stereocenters. The molecular weight excluding hydrogens is 258 g/mol. The van der Waals surface area contributed by atoms with Crippen LogP contribution in [-0.4, -0.2) is 41.2 Å². The predicted molar refractivity (Wildman–Crippen MR) is 79.9 cm³/mol. The molecule has 0 aliphatic carbocycles. The number of nitro benzene ring substituents is 1. The minimum atomic E-state index is -0.357. The van der Waals surface area contributed by atoms with Gasteiger partial charge >= 0.3 is 0 Å². The predicted octanol–water partition coefficient (Wildman–Crippen LogP) is 2.23. The number of likely N-dealkylation sites (N-methyl/N-ethyl adjacent to an activating group) is 1. The molecule has 0 aromatic heterocycles. The van der Waals surface area contributed by atoms with E-state index in [-0.39, 0.29) is 17.2 Å². The molecule has 0 saturated carbocycles. The highest BCUT2D eigenvalue weighted by Crippen LogP contribution is 2.29. The number of aliphatic hydroxyl groups excluding tert-OH is 1. The van der Waals surface area contributed by atoms with Crippen molar-refractivity contribution < 1.29 is 10.0 Å². The van der Waals surface area contributed by atoms with E-state index in [1.165, 1.54) is 6.07 Å². The summed E-state index contributed by atoms with van der Waals surface area (Å²) < 4.78 is 0. The molecule has 0 spiro atoms. The highest BCUT2D eigenvalue weighted by atomic mass is 16.6. The molecule has 0 saturated heterocycles. The van der Waals surface area contributed by atoms with Gasteiger partial charge in [0.1, 0.15) is 5.69 Å². The van der Waals surface area contributed by atoms with Crippen LogP contribution in [0, 0.1) is 10.1 Å². The number of nitro groups is 1. The SMILES string of the molecule is CCCNc1c(CN(CC)CCO)cccc1[N+](=O)[O-]. The fourth-order valence-electron chi connectivity index (χ4n) is 2.06. The maximum atomic E-state index is 11.1. The summed E-state index contributed by atoms with van der Waals surface area (Å²) in [5.41, 5.74) is 1.59. The van der Waals surface area contributed by atoms with Gasteiger partial charge in [0.15, 0.2) is 0 Å². The van der Waals surface area contributed by atoms with Gasteiger partial charge in [-0.15, -0.1) is 0 Å². The maximum absolute atomic E-state index is 11.1. The summed E-state index contributed by atoms with van der Waals surface area (Å²) in [6.07, 6.45) is 0.902. The van der Waals surface area contributed by atoms with Crippen molar-refractivity contribution in [3.05, 3.63) is 33.9 Å². The Labute approximate surface area is 119 Å². The summed E-state index contributed by atoms with van der Waals surface area (Å²) in [6.45, 7) is 6.75. The standard InChI is InChI=1S/C14H23N3O3/c1-3-8-15-14-12(11-16(4-2)9-10-18)6-5-7-13(14)17(19)20/h5-7,15,18H,3-4,8-11H2,1-2H3. The van der Waals surface area contributed by atoms with E-state index in [1.807, 2.05) is 19.9 Å². The summed E-state index contributed by atoms with van der Waals surface area (Å²) in [5.74, 6) is 0. The number of nitrogens with one attached hydrogen (secondary N) is 1. The second kappa shape index (κ2) is 8.50. The van der Waals surface area contributed by atoms with Crippen molar-refractivity contribution in [3.63, 3.8) is 0 Å². The van der Waals surface area contributed by atoms with Crippen LogP contribution in [0.1, 0.15) is 25.8 Å². The van der Waals surface area contributed by atoms with Crippen LogP contribution in [0.4, 0.5) is 11.4 Å². The molecule has 1 aromatic rings. The van der Waals surface area contributed by atoms with Crippen LogP contribution < -0.4 is 5.32 Å². The first-order valence-corrected chi connectivity index (χ1v) is 6.97. The molecule has 6 nitrogen and oxygen atoms in total. The largest absolute Gasteiger partial charge is 0.395 e. The Hall–Kier alpha value is -1.66. The van der Waals surface area contributed by atoms with Crippen molar-refractivity contribution in [2.45, 2.75) is 26.8 Å². The zero-order chi connectivity index (χ0) is 15.0. The van der Waals surface area contributed by atoms with Gasteiger partial charge in [0.25, 0.3) is 5.69 Å². The van der Waals surface area contributed by atoms with Crippen LogP contribution in [0.25, 0.3) is 0 Å². The lowest BCUT2D eigenvalue weighted by Gasteiger charge is -2.21. The molecule has 0 aliphatic heterocycles. The van der Waals surface area contributed by atoms with Crippen molar-refractivity contribution in [1.82, 2.24) is 4.90 Å². The highest BCUT2D eigenvalue weighted by molar-refractivity contribution is 5.66. The number of hydrogen-bond donors (Lipinski definition) is 2. The van der Waals surface area contributed by atoms with Crippen LogP contribution in [0.2, 0.25) is 0 Å². The van der Waals surface area contributed by atoms with Gasteiger partial charge in [-0.1, -0.05) is 26.0 Å². The Morgan fingerprint density at radius 3 is 2.70 bits per heavy atom. The lowest BCUT2D eigenvalue weighted by Crippen LogP contribution is -2.26. The first-order chi connectivity index (χ1) is 9.63. The maximum Gasteiger partial charge on any atom is 0.292 e. The van der Waals surface area contributed by atoms with Crippen molar-refractivity contribution in [3.8, 4) is 0 Å². The molecular formula is C14H23N3O3. The highest BCUT2D eigenvalue weighted by Gasteiger charge is 2.18. The lowest BCUT2D eigenvalue weighted by atomic mass is 10.1. The van der Waals surface area contributed by atoms with Crippen molar-refractivity contribution in [2.24, 2.45) is 0 Å². The summed E-state index contributed by atoms with van der Waals surface area (Å²) >= 11 is 0. The molecule has 6 heteroatoms. The van der Waals surface area contributed by atoms with Gasteiger partial charge in [0.2, 0.25) is 0 Å². The average molecular weight is 281 g/mol. The van der Waals surface area contributed by atoms with E-state index in [9.17, 15) is 10.1 Å². The Morgan fingerprint density at radius 2 is 2.15 bits per heavy atom. The van der Waals surface area contributed by atoms with E-state index in [0.717, 1.165) is 18.5 Å². The van der Waals surface area contributed by atoms with E-state index < -0.39 is 0 Å². The number of rotatable bonds is 9. The topological polar surface area (TPSA) is 78.6 Å². The minimum Gasteiger partial charge on any atom is -0.395 e. The summed E-state index contributed by atoms with van der Waals surface area (Å²) in [5, 5.41) is 23.3. The Kier molecular flexibility index (Phi) is 6.97. The molecule has 0 radical (unpaired) electrons. The number of benzene rings is 1. The third-order valence-corrected chi connectivity index (χ3v) is 3.13. The number of para-hydroxylation sites is 1. The molecule has 0 aliphatic rings. The molecule has 112 valence electrons. The fourth-order valence-corrected chi connectivity index (χ4v) is 2.06. The Balaban J connectivity index is 3.03. The fraction of sp³-hybridized carbons (Fsp3) is 0.571. The van der Waals surface area contributed by atoms with Gasteiger partial charge in [-0.2, -0.15) is 0 Å². The first-order valence-electron chi connectivity index (χ1n) is 6.97. The Morgan fingerprint density at radius 1 is 1.40 bits per heavy atom. The zero-order valence-corrected chi connectivity index (χ0v) is 12.1. The molecule has 0 heterocycles. The molecule has 1 rings (SSSR count). The van der Waals surface area contributed by atoms with Gasteiger partial charge in [0, 0.05) is 25.7 Å². The minimum absolute atomic E-state index is 0.0838. The van der Waals surface area contributed by atoms with Crippen LogP contribution >= 0.6 is 0 Å². The van der Waals surface area contributed by atoms with Gasteiger partial charge in [0.05, 0.1) is 11.5 Å². The van der Waals surface area contributed by atoms with Gasteiger partial charge in [-0.05, 0) is 18.5 Å². The van der Waals surface area contributed by atoms with E-state index in [0.29, 0.717) is 25.3 Å². The smallest absolute Gasteiger partial charge is 0.292 e. The molecule has 0 bridgehead atoms. The van der Waals surface area contributed by atoms with E-state index in [2.05, 4.69) is 10.2 Å². The van der Waals surface area contributed by atoms with Crippen molar-refractivity contribution in [1.29, 1.82) is 0 Å². The van der Waals surface area contributed by atoms with Gasteiger partial charge in [-0.3, -0.25) is 15.0 Å². The molecule has 0 amide bonds. The molecule has 0 fully saturated rings. The monoisotopic (exact) mass is 281 g/mol. The van der Waals surface area contributed by atoms with Crippen LogP contribution in [-0.2, 0) is 6.54 Å². The summed E-state index contributed by atoms with van der Waals surface area (Å²) in [4.78, 5) is 12.8. The first kappa shape index (κ1) is 16.4. The second-order valence-corrected chi connectivity index (χ2v) is 4.59. The number of anilines is 1. The van der Waals surface area contributed by atoms with Gasteiger partial charge in [-0.25, -0.2) is 0 Å². The number of aliphatic hydroxyl groups is 1. The molecule has 2 N–H and O–H groups in total. The summed E-state index contributed by atoms with van der Waals surface area (Å²) in [7, 11) is 0. The number of nitrogens with zero attached hydrogens (tertiary/aromatic N) is 2. The average Bonchev–Trinajstić information content (AvgIpc) is 2.44. The van der Waals surface area contributed by atoms with E-state index in [1.54, 1.807) is 6.07 Å². The van der Waals surface area contributed by atoms with Crippen molar-refractivity contribution >= 4 is 11.4 Å². The third-order valence-electron chi connectivity index (χ3n) is 3.13. The quantitative estimate of drug-likeness (QED) is 0.536. The molecule has 0 unspecified atom stereocenters. The zero-order valence-electron chi connectivity index (χ0n) is 12.1. The van der Waals surface area contributed by atoms with E-state index in [4.69, 9.17) is 5.11 Å². The molecule has 20 heavy (non-hydrogen) atoms.